The molecule has 34 heavy (non-hydrogen) atoms. The van der Waals surface area contributed by atoms with Crippen molar-refractivity contribution in [3.05, 3.63) is 102 Å². The van der Waals surface area contributed by atoms with Gasteiger partial charge in [0.25, 0.3) is 0 Å². The van der Waals surface area contributed by atoms with E-state index in [-0.39, 0.29) is 11.8 Å². The van der Waals surface area contributed by atoms with Crippen LogP contribution in [-0.2, 0) is 4.74 Å². The number of pyridine rings is 1. The fourth-order valence-corrected chi connectivity index (χ4v) is 4.47. The summed E-state index contributed by atoms with van der Waals surface area (Å²) in [5.74, 6) is 1.01. The number of carbonyl (C=O) groups is 1. The number of rotatable bonds is 5. The van der Waals surface area contributed by atoms with Gasteiger partial charge >= 0.3 is 5.97 Å². The molecule has 0 spiro atoms. The lowest BCUT2D eigenvalue weighted by Crippen LogP contribution is -2.29. The van der Waals surface area contributed by atoms with Gasteiger partial charge in [0.2, 0.25) is 0 Å². The molecule has 8 heteroatoms. The molecule has 0 saturated carbocycles. The third kappa shape index (κ3) is 3.88. The van der Waals surface area contributed by atoms with Gasteiger partial charge in [0.15, 0.2) is 5.11 Å². The van der Waals surface area contributed by atoms with Crippen molar-refractivity contribution in [1.82, 2.24) is 10.3 Å². The van der Waals surface area contributed by atoms with Gasteiger partial charge < -0.3 is 24.5 Å². The van der Waals surface area contributed by atoms with Gasteiger partial charge in [0.1, 0.15) is 23.3 Å². The highest BCUT2D eigenvalue weighted by Crippen LogP contribution is 2.45. The lowest BCUT2D eigenvalue weighted by atomic mass is 10.0. The summed E-state index contributed by atoms with van der Waals surface area (Å²) >= 11 is 5.68. The second-order valence-electron chi connectivity index (χ2n) is 7.76. The first kappa shape index (κ1) is 21.7. The number of nitrogens with one attached hydrogen (secondary N) is 1. The Morgan fingerprint density at radius 2 is 1.82 bits per heavy atom. The van der Waals surface area contributed by atoms with Gasteiger partial charge in [-0.2, -0.15) is 0 Å². The molecule has 0 aliphatic carbocycles. The number of hydrogen-bond donors (Lipinski definition) is 2. The summed E-state index contributed by atoms with van der Waals surface area (Å²) in [5, 5.41) is 14.4. The molecule has 5 rings (SSSR count). The summed E-state index contributed by atoms with van der Waals surface area (Å²) in [6.45, 7) is 0. The molecular weight excluding hydrogens is 450 g/mol. The number of anilines is 1. The van der Waals surface area contributed by atoms with Gasteiger partial charge in [-0.15, -0.1) is 0 Å². The van der Waals surface area contributed by atoms with Crippen molar-refractivity contribution in [3.8, 4) is 17.1 Å². The average Bonchev–Trinajstić information content (AvgIpc) is 3.49. The Balaban J connectivity index is 1.56. The SMILES string of the molecule is COC(=O)c1ccc(-c2ccc([C@@H]3[C@@H](c4ccccn4)NC(=S)N3c3ccccc3O)o2)cc1. The molecule has 4 aromatic rings. The number of aromatic hydroxyl groups is 1. The van der Waals surface area contributed by atoms with Crippen LogP contribution in [0, 0.1) is 0 Å². The smallest absolute Gasteiger partial charge is 0.337 e. The van der Waals surface area contributed by atoms with Crippen molar-refractivity contribution in [2.45, 2.75) is 12.1 Å². The van der Waals surface area contributed by atoms with Crippen LogP contribution in [0.2, 0.25) is 0 Å². The van der Waals surface area contributed by atoms with E-state index in [0.717, 1.165) is 11.3 Å². The van der Waals surface area contributed by atoms with E-state index in [1.165, 1.54) is 7.11 Å². The standard InChI is InChI=1S/C26H21N3O4S/c1-32-25(31)17-11-9-16(10-12-17)21-13-14-22(33-21)24-23(18-6-4-5-15-27-18)28-26(34)29(24)19-7-2-3-8-20(19)30/h2-15,23-24,30H,1H3,(H,28,34)/t23-,24-/m1/s1. The third-order valence-corrected chi connectivity index (χ3v) is 6.06. The van der Waals surface area contributed by atoms with Crippen molar-refractivity contribution in [1.29, 1.82) is 0 Å². The van der Waals surface area contributed by atoms with E-state index in [1.54, 1.807) is 30.5 Å². The highest BCUT2D eigenvalue weighted by Gasteiger charge is 2.43. The number of furan rings is 1. The molecule has 0 unspecified atom stereocenters. The molecule has 2 atom stereocenters. The van der Waals surface area contributed by atoms with Crippen LogP contribution in [-0.4, -0.2) is 28.3 Å². The summed E-state index contributed by atoms with van der Waals surface area (Å²) in [4.78, 5) is 18.1. The molecule has 170 valence electrons. The number of phenolic OH excluding ortho intramolecular Hbond substituents is 1. The number of methoxy groups -OCH3 is 1. The number of benzene rings is 2. The number of nitrogens with zero attached hydrogens (tertiary/aromatic N) is 2. The molecule has 0 amide bonds. The van der Waals surface area contributed by atoms with Crippen LogP contribution in [0.1, 0.15) is 33.9 Å². The van der Waals surface area contributed by atoms with Crippen LogP contribution in [0.15, 0.2) is 89.5 Å². The van der Waals surface area contributed by atoms with Crippen molar-refractivity contribution < 1.29 is 19.1 Å². The molecule has 0 bridgehead atoms. The Bertz CT molecular complexity index is 1340. The molecule has 7 nitrogen and oxygen atoms in total. The van der Waals surface area contributed by atoms with E-state index in [4.69, 9.17) is 21.4 Å². The van der Waals surface area contributed by atoms with Crippen molar-refractivity contribution in [3.63, 3.8) is 0 Å². The molecule has 1 aliphatic rings. The average molecular weight is 472 g/mol. The Hall–Kier alpha value is -4.17. The zero-order chi connectivity index (χ0) is 23.7. The number of carbonyl (C=O) groups excluding carboxylic acids is 1. The summed E-state index contributed by atoms with van der Waals surface area (Å²) < 4.78 is 11.1. The maximum Gasteiger partial charge on any atom is 0.337 e. The number of hydrogen-bond acceptors (Lipinski definition) is 6. The van der Waals surface area contributed by atoms with Crippen LogP contribution in [0.4, 0.5) is 5.69 Å². The van der Waals surface area contributed by atoms with E-state index >= 15 is 0 Å². The fourth-order valence-electron chi connectivity index (χ4n) is 4.13. The topological polar surface area (TPSA) is 87.8 Å². The Labute approximate surface area is 201 Å². The van der Waals surface area contributed by atoms with Gasteiger partial charge in [-0.1, -0.05) is 30.3 Å². The number of thiocarbonyl (C=S) groups is 1. The maximum atomic E-state index is 11.7. The monoisotopic (exact) mass is 471 g/mol. The molecule has 1 aliphatic heterocycles. The zero-order valence-corrected chi connectivity index (χ0v) is 19.0. The van der Waals surface area contributed by atoms with Gasteiger partial charge in [-0.3, -0.25) is 4.98 Å². The summed E-state index contributed by atoms with van der Waals surface area (Å²) in [7, 11) is 1.35. The minimum absolute atomic E-state index is 0.114. The zero-order valence-electron chi connectivity index (χ0n) is 18.2. The van der Waals surface area contributed by atoms with Gasteiger partial charge in [0, 0.05) is 11.8 Å². The first-order chi connectivity index (χ1) is 16.6. The molecule has 3 heterocycles. The van der Waals surface area contributed by atoms with Crippen molar-refractivity contribution in [2.75, 3.05) is 12.0 Å². The second kappa shape index (κ2) is 8.99. The van der Waals surface area contributed by atoms with Crippen LogP contribution in [0.5, 0.6) is 5.75 Å². The summed E-state index contributed by atoms with van der Waals surface area (Å²) in [6.07, 6.45) is 1.73. The van der Waals surface area contributed by atoms with Crippen molar-refractivity contribution >= 4 is 29.0 Å². The van der Waals surface area contributed by atoms with E-state index < -0.39 is 12.0 Å². The van der Waals surface area contributed by atoms with Crippen LogP contribution < -0.4 is 10.2 Å². The predicted octanol–water partition coefficient (Wildman–Crippen LogP) is 5.01. The summed E-state index contributed by atoms with van der Waals surface area (Å²) in [5.41, 5.74) is 2.65. The molecule has 0 radical (unpaired) electrons. The summed E-state index contributed by atoms with van der Waals surface area (Å²) in [6, 6.07) is 22.8. The normalized spacial score (nSPS) is 17.4. The molecule has 1 saturated heterocycles. The number of para-hydroxylation sites is 2. The van der Waals surface area contributed by atoms with Gasteiger partial charge in [-0.25, -0.2) is 4.79 Å². The third-order valence-electron chi connectivity index (χ3n) is 5.75. The fraction of sp³-hybridized carbons (Fsp3) is 0.115. The largest absolute Gasteiger partial charge is 0.506 e. The lowest BCUT2D eigenvalue weighted by Gasteiger charge is -2.26. The first-order valence-electron chi connectivity index (χ1n) is 10.6. The van der Waals surface area contributed by atoms with Gasteiger partial charge in [0.05, 0.1) is 30.1 Å². The predicted molar refractivity (Wildman–Crippen MR) is 132 cm³/mol. The van der Waals surface area contributed by atoms with E-state index in [9.17, 15) is 9.90 Å². The van der Waals surface area contributed by atoms with Crippen LogP contribution >= 0.6 is 12.2 Å². The van der Waals surface area contributed by atoms with Gasteiger partial charge in [-0.05, 0) is 60.7 Å². The molecular formula is C26H21N3O4S. The highest BCUT2D eigenvalue weighted by molar-refractivity contribution is 7.80. The minimum Gasteiger partial charge on any atom is -0.506 e. The Morgan fingerprint density at radius 1 is 1.06 bits per heavy atom. The van der Waals surface area contributed by atoms with Crippen LogP contribution in [0.25, 0.3) is 11.3 Å². The van der Waals surface area contributed by atoms with E-state index in [2.05, 4.69) is 10.3 Å². The lowest BCUT2D eigenvalue weighted by molar-refractivity contribution is 0.0600. The molecule has 2 aromatic heterocycles. The Morgan fingerprint density at radius 3 is 2.53 bits per heavy atom. The quantitative estimate of drug-likeness (QED) is 0.310. The van der Waals surface area contributed by atoms with Crippen molar-refractivity contribution in [2.24, 2.45) is 0 Å². The van der Waals surface area contributed by atoms with E-state index in [0.29, 0.717) is 27.9 Å². The number of ether oxygens (including phenoxy) is 1. The maximum absolute atomic E-state index is 11.7. The molecule has 2 N–H and O–H groups in total. The van der Waals surface area contributed by atoms with E-state index in [1.807, 2.05) is 59.5 Å². The first-order valence-corrected chi connectivity index (χ1v) is 11.0. The number of phenols is 1. The Kier molecular flexibility index (Phi) is 5.73. The number of aromatic nitrogens is 1. The highest BCUT2D eigenvalue weighted by atomic mass is 32.1. The molecule has 1 fully saturated rings. The minimum atomic E-state index is -0.395. The number of esters is 1. The van der Waals surface area contributed by atoms with Crippen LogP contribution in [0.3, 0.4) is 0 Å². The second-order valence-corrected chi connectivity index (χ2v) is 8.14. The molecule has 2 aromatic carbocycles.